The highest BCUT2D eigenvalue weighted by molar-refractivity contribution is 5.46. The third kappa shape index (κ3) is 3.88. The summed E-state index contributed by atoms with van der Waals surface area (Å²) >= 11 is 0. The summed E-state index contributed by atoms with van der Waals surface area (Å²) in [6.45, 7) is 5.62. The zero-order valence-corrected chi connectivity index (χ0v) is 11.9. The van der Waals surface area contributed by atoms with Crippen LogP contribution in [-0.2, 0) is 0 Å². The standard InChI is InChI=1S/C16H20N2O2/c1-3-11-19-14-7-5-6-8-15(14)20-13-9-10-18-16(12-13)17-4-2/h5-10,12H,3-4,11H2,1-2H3,(H,17,18). The summed E-state index contributed by atoms with van der Waals surface area (Å²) in [6.07, 6.45) is 2.69. The number of pyridine rings is 1. The molecule has 0 radical (unpaired) electrons. The van der Waals surface area contributed by atoms with Gasteiger partial charge in [0.2, 0.25) is 0 Å². The van der Waals surface area contributed by atoms with E-state index in [1.54, 1.807) is 6.20 Å². The maximum atomic E-state index is 5.89. The van der Waals surface area contributed by atoms with Crippen molar-refractivity contribution in [2.24, 2.45) is 0 Å². The number of ether oxygens (including phenoxy) is 2. The van der Waals surface area contributed by atoms with Crippen LogP contribution < -0.4 is 14.8 Å². The Kier molecular flexibility index (Phi) is 5.24. The van der Waals surface area contributed by atoms with E-state index in [-0.39, 0.29) is 0 Å². The van der Waals surface area contributed by atoms with Crippen LogP contribution in [0.25, 0.3) is 0 Å². The van der Waals surface area contributed by atoms with Crippen molar-refractivity contribution in [1.29, 1.82) is 0 Å². The fourth-order valence-corrected chi connectivity index (χ4v) is 1.75. The highest BCUT2D eigenvalue weighted by Gasteiger charge is 2.06. The van der Waals surface area contributed by atoms with Gasteiger partial charge in [0.15, 0.2) is 11.5 Å². The Morgan fingerprint density at radius 1 is 1.10 bits per heavy atom. The zero-order valence-electron chi connectivity index (χ0n) is 11.9. The third-order valence-electron chi connectivity index (χ3n) is 2.63. The molecular weight excluding hydrogens is 252 g/mol. The topological polar surface area (TPSA) is 43.4 Å². The summed E-state index contributed by atoms with van der Waals surface area (Å²) in [5, 5.41) is 3.16. The fourth-order valence-electron chi connectivity index (χ4n) is 1.75. The Bertz CT molecular complexity index is 544. The molecule has 1 N–H and O–H groups in total. The van der Waals surface area contributed by atoms with E-state index < -0.39 is 0 Å². The second-order valence-corrected chi connectivity index (χ2v) is 4.30. The number of hydrogen-bond donors (Lipinski definition) is 1. The molecule has 0 saturated carbocycles. The van der Waals surface area contributed by atoms with Gasteiger partial charge in [0, 0.05) is 18.8 Å². The second-order valence-electron chi connectivity index (χ2n) is 4.30. The zero-order chi connectivity index (χ0) is 14.2. The van der Waals surface area contributed by atoms with Crippen molar-refractivity contribution in [1.82, 2.24) is 4.98 Å². The number of hydrogen-bond acceptors (Lipinski definition) is 4. The predicted molar refractivity (Wildman–Crippen MR) is 80.7 cm³/mol. The molecule has 2 aromatic rings. The number of para-hydroxylation sites is 2. The molecule has 0 aliphatic rings. The smallest absolute Gasteiger partial charge is 0.169 e. The molecule has 1 aromatic heterocycles. The molecule has 106 valence electrons. The molecule has 0 amide bonds. The average molecular weight is 272 g/mol. The Balaban J connectivity index is 2.14. The first-order valence-electron chi connectivity index (χ1n) is 6.93. The van der Waals surface area contributed by atoms with Gasteiger partial charge in [0.05, 0.1) is 6.61 Å². The summed E-state index contributed by atoms with van der Waals surface area (Å²) in [5.74, 6) is 3.02. The molecule has 0 aliphatic carbocycles. The molecule has 1 heterocycles. The second kappa shape index (κ2) is 7.38. The maximum Gasteiger partial charge on any atom is 0.169 e. The van der Waals surface area contributed by atoms with E-state index in [1.807, 2.05) is 43.3 Å². The Hall–Kier alpha value is -2.23. The molecule has 0 saturated heterocycles. The number of anilines is 1. The van der Waals surface area contributed by atoms with Gasteiger partial charge in [-0.2, -0.15) is 0 Å². The van der Waals surface area contributed by atoms with Gasteiger partial charge in [-0.05, 0) is 31.5 Å². The largest absolute Gasteiger partial charge is 0.490 e. The lowest BCUT2D eigenvalue weighted by atomic mass is 10.3. The SMILES string of the molecule is CCCOc1ccccc1Oc1ccnc(NCC)c1. The summed E-state index contributed by atoms with van der Waals surface area (Å²) in [4.78, 5) is 4.22. The van der Waals surface area contributed by atoms with Gasteiger partial charge in [-0.3, -0.25) is 0 Å². The number of nitrogens with one attached hydrogen (secondary N) is 1. The van der Waals surface area contributed by atoms with Gasteiger partial charge in [0.25, 0.3) is 0 Å². The lowest BCUT2D eigenvalue weighted by molar-refractivity contribution is 0.302. The Labute approximate surface area is 119 Å². The quantitative estimate of drug-likeness (QED) is 0.824. The summed E-state index contributed by atoms with van der Waals surface area (Å²) in [6, 6.07) is 11.4. The van der Waals surface area contributed by atoms with Crippen molar-refractivity contribution in [3.63, 3.8) is 0 Å². The van der Waals surface area contributed by atoms with Gasteiger partial charge in [-0.1, -0.05) is 19.1 Å². The van der Waals surface area contributed by atoms with Crippen molar-refractivity contribution in [3.05, 3.63) is 42.6 Å². The van der Waals surface area contributed by atoms with Crippen LogP contribution in [0.4, 0.5) is 5.82 Å². The number of rotatable bonds is 7. The van der Waals surface area contributed by atoms with Crippen molar-refractivity contribution in [2.75, 3.05) is 18.5 Å². The molecule has 0 bridgehead atoms. The first-order chi connectivity index (χ1) is 9.83. The fraction of sp³-hybridized carbons (Fsp3) is 0.312. The lowest BCUT2D eigenvalue weighted by Crippen LogP contribution is -2.00. The first-order valence-corrected chi connectivity index (χ1v) is 6.93. The number of aromatic nitrogens is 1. The van der Waals surface area contributed by atoms with E-state index in [0.717, 1.165) is 36.0 Å². The van der Waals surface area contributed by atoms with Crippen molar-refractivity contribution in [3.8, 4) is 17.2 Å². The van der Waals surface area contributed by atoms with Crippen LogP contribution in [0.5, 0.6) is 17.2 Å². The van der Waals surface area contributed by atoms with Crippen molar-refractivity contribution >= 4 is 5.82 Å². The van der Waals surface area contributed by atoms with Crippen LogP contribution in [0.15, 0.2) is 42.6 Å². The molecule has 0 atom stereocenters. The van der Waals surface area contributed by atoms with Gasteiger partial charge in [-0.25, -0.2) is 4.98 Å². The highest BCUT2D eigenvalue weighted by atomic mass is 16.5. The van der Waals surface area contributed by atoms with E-state index in [0.29, 0.717) is 6.61 Å². The number of benzene rings is 1. The Morgan fingerprint density at radius 2 is 1.90 bits per heavy atom. The minimum atomic E-state index is 0.680. The van der Waals surface area contributed by atoms with Crippen LogP contribution in [0.2, 0.25) is 0 Å². The predicted octanol–water partition coefficient (Wildman–Crippen LogP) is 4.09. The normalized spacial score (nSPS) is 10.1. The van der Waals surface area contributed by atoms with E-state index in [4.69, 9.17) is 9.47 Å². The molecule has 0 aliphatic heterocycles. The third-order valence-corrected chi connectivity index (χ3v) is 2.63. The molecule has 4 heteroatoms. The summed E-state index contributed by atoms with van der Waals surface area (Å²) < 4.78 is 11.6. The summed E-state index contributed by atoms with van der Waals surface area (Å²) in [7, 11) is 0. The molecule has 0 fully saturated rings. The van der Waals surface area contributed by atoms with Crippen molar-refractivity contribution < 1.29 is 9.47 Å². The Morgan fingerprint density at radius 3 is 2.65 bits per heavy atom. The average Bonchev–Trinajstić information content (AvgIpc) is 2.47. The lowest BCUT2D eigenvalue weighted by Gasteiger charge is -2.12. The molecule has 0 spiro atoms. The molecular formula is C16H20N2O2. The van der Waals surface area contributed by atoms with Gasteiger partial charge in [0.1, 0.15) is 11.6 Å². The molecule has 0 unspecified atom stereocenters. The minimum absolute atomic E-state index is 0.680. The van der Waals surface area contributed by atoms with Crippen LogP contribution in [0, 0.1) is 0 Å². The van der Waals surface area contributed by atoms with Gasteiger partial charge < -0.3 is 14.8 Å². The highest BCUT2D eigenvalue weighted by Crippen LogP contribution is 2.31. The van der Waals surface area contributed by atoms with Gasteiger partial charge in [-0.15, -0.1) is 0 Å². The maximum absolute atomic E-state index is 5.89. The molecule has 1 aromatic carbocycles. The first kappa shape index (κ1) is 14.2. The van der Waals surface area contributed by atoms with Crippen LogP contribution in [-0.4, -0.2) is 18.1 Å². The monoisotopic (exact) mass is 272 g/mol. The molecule has 2 rings (SSSR count). The number of nitrogens with zero attached hydrogens (tertiary/aromatic N) is 1. The van der Waals surface area contributed by atoms with Crippen LogP contribution >= 0.6 is 0 Å². The van der Waals surface area contributed by atoms with Crippen LogP contribution in [0.3, 0.4) is 0 Å². The van der Waals surface area contributed by atoms with E-state index in [1.165, 1.54) is 0 Å². The van der Waals surface area contributed by atoms with E-state index >= 15 is 0 Å². The molecule has 20 heavy (non-hydrogen) atoms. The van der Waals surface area contributed by atoms with Crippen molar-refractivity contribution in [2.45, 2.75) is 20.3 Å². The van der Waals surface area contributed by atoms with E-state index in [2.05, 4.69) is 17.2 Å². The summed E-state index contributed by atoms with van der Waals surface area (Å²) in [5.41, 5.74) is 0. The van der Waals surface area contributed by atoms with E-state index in [9.17, 15) is 0 Å². The van der Waals surface area contributed by atoms with Gasteiger partial charge >= 0.3 is 0 Å². The minimum Gasteiger partial charge on any atom is -0.490 e. The van der Waals surface area contributed by atoms with Crippen LogP contribution in [0.1, 0.15) is 20.3 Å². The molecule has 4 nitrogen and oxygen atoms in total.